The van der Waals surface area contributed by atoms with Gasteiger partial charge in [0.1, 0.15) is 10.0 Å². The minimum Gasteiger partial charge on any atom is -0.310 e. The van der Waals surface area contributed by atoms with E-state index in [1.165, 1.54) is 17.4 Å². The Balaban J connectivity index is 1.97. The molecule has 0 bridgehead atoms. The van der Waals surface area contributed by atoms with Crippen molar-refractivity contribution in [3.63, 3.8) is 0 Å². The fourth-order valence-electron chi connectivity index (χ4n) is 1.63. The largest absolute Gasteiger partial charge is 0.310 e. The van der Waals surface area contributed by atoms with Gasteiger partial charge in [0.05, 0.1) is 0 Å². The lowest BCUT2D eigenvalue weighted by Crippen LogP contribution is -2.13. The Morgan fingerprint density at radius 3 is 2.68 bits per heavy atom. The summed E-state index contributed by atoms with van der Waals surface area (Å²) in [5, 5.41) is 13.1. The molecule has 1 aromatic heterocycles. The Bertz CT molecular complexity index is 542. The van der Waals surface area contributed by atoms with Crippen LogP contribution in [-0.4, -0.2) is 16.7 Å². The molecular weight excluding hydrogens is 268 g/mol. The molecule has 0 aliphatic rings. The van der Waals surface area contributed by atoms with Crippen LogP contribution in [0.15, 0.2) is 18.2 Å². The lowest BCUT2D eigenvalue weighted by atomic mass is 10.1. The first kappa shape index (κ1) is 14.0. The third-order valence-corrected chi connectivity index (χ3v) is 3.47. The molecule has 1 N–H and O–H groups in total. The van der Waals surface area contributed by atoms with E-state index in [0.717, 1.165) is 29.0 Å². The average molecular weight is 283 g/mol. The average Bonchev–Trinajstić information content (AvgIpc) is 2.82. The van der Waals surface area contributed by atoms with Gasteiger partial charge < -0.3 is 5.32 Å². The van der Waals surface area contributed by atoms with E-state index in [1.807, 2.05) is 0 Å². The predicted octanol–water partition coefficient (Wildman–Crippen LogP) is 2.91. The summed E-state index contributed by atoms with van der Waals surface area (Å²) in [5.41, 5.74) is 0.697. The SMILES string of the molecule is CCCNCc1nnc(Cc2ccc(F)c(F)c2)s1. The zero-order valence-corrected chi connectivity index (χ0v) is 11.4. The molecule has 0 amide bonds. The van der Waals surface area contributed by atoms with Gasteiger partial charge in [-0.05, 0) is 30.7 Å². The maximum Gasteiger partial charge on any atom is 0.159 e. The van der Waals surface area contributed by atoms with Gasteiger partial charge in [-0.2, -0.15) is 0 Å². The molecule has 102 valence electrons. The summed E-state index contributed by atoms with van der Waals surface area (Å²) in [6, 6.07) is 3.90. The molecule has 0 spiro atoms. The fraction of sp³-hybridized carbons (Fsp3) is 0.385. The number of nitrogens with one attached hydrogen (secondary N) is 1. The first-order chi connectivity index (χ1) is 9.19. The van der Waals surface area contributed by atoms with Gasteiger partial charge in [-0.25, -0.2) is 8.78 Å². The number of aromatic nitrogens is 2. The monoisotopic (exact) mass is 283 g/mol. The summed E-state index contributed by atoms with van der Waals surface area (Å²) < 4.78 is 25.9. The van der Waals surface area contributed by atoms with Crippen molar-refractivity contribution in [2.45, 2.75) is 26.3 Å². The second-order valence-corrected chi connectivity index (χ2v) is 5.34. The fourth-order valence-corrected chi connectivity index (χ4v) is 2.48. The summed E-state index contributed by atoms with van der Waals surface area (Å²) >= 11 is 1.49. The zero-order chi connectivity index (χ0) is 13.7. The normalized spacial score (nSPS) is 10.9. The minimum absolute atomic E-state index is 0.475. The summed E-state index contributed by atoms with van der Waals surface area (Å²) in [6.07, 6.45) is 1.54. The van der Waals surface area contributed by atoms with Gasteiger partial charge in [0, 0.05) is 13.0 Å². The first-order valence-electron chi connectivity index (χ1n) is 6.15. The molecule has 0 saturated heterocycles. The van der Waals surface area contributed by atoms with Crippen molar-refractivity contribution >= 4 is 11.3 Å². The van der Waals surface area contributed by atoms with E-state index in [2.05, 4.69) is 22.4 Å². The van der Waals surface area contributed by atoms with Crippen LogP contribution in [0.2, 0.25) is 0 Å². The van der Waals surface area contributed by atoms with E-state index in [4.69, 9.17) is 0 Å². The van der Waals surface area contributed by atoms with E-state index >= 15 is 0 Å². The van der Waals surface area contributed by atoms with Gasteiger partial charge in [-0.1, -0.05) is 24.3 Å². The third-order valence-electron chi connectivity index (χ3n) is 2.55. The summed E-state index contributed by atoms with van der Waals surface area (Å²) in [5.74, 6) is -1.66. The Hall–Kier alpha value is -1.40. The summed E-state index contributed by atoms with van der Waals surface area (Å²) in [4.78, 5) is 0. The molecule has 0 aliphatic heterocycles. The van der Waals surface area contributed by atoms with Crippen LogP contribution >= 0.6 is 11.3 Å². The van der Waals surface area contributed by atoms with Crippen LogP contribution in [0.4, 0.5) is 8.78 Å². The lowest BCUT2D eigenvalue weighted by molar-refractivity contribution is 0.507. The van der Waals surface area contributed by atoms with Gasteiger partial charge >= 0.3 is 0 Å². The van der Waals surface area contributed by atoms with Gasteiger partial charge in [0.15, 0.2) is 11.6 Å². The number of halogens is 2. The molecule has 0 atom stereocenters. The van der Waals surface area contributed by atoms with Crippen LogP contribution in [0.5, 0.6) is 0 Å². The third kappa shape index (κ3) is 4.04. The van der Waals surface area contributed by atoms with E-state index < -0.39 is 11.6 Å². The number of rotatable bonds is 6. The van der Waals surface area contributed by atoms with Crippen molar-refractivity contribution in [3.05, 3.63) is 45.4 Å². The van der Waals surface area contributed by atoms with Crippen LogP contribution in [-0.2, 0) is 13.0 Å². The number of benzene rings is 1. The second-order valence-electron chi connectivity index (χ2n) is 4.19. The minimum atomic E-state index is -0.828. The van der Waals surface area contributed by atoms with Crippen LogP contribution in [0.1, 0.15) is 28.9 Å². The molecule has 3 nitrogen and oxygen atoms in total. The molecule has 0 unspecified atom stereocenters. The van der Waals surface area contributed by atoms with Crippen molar-refractivity contribution in [3.8, 4) is 0 Å². The summed E-state index contributed by atoms with van der Waals surface area (Å²) in [6.45, 7) is 3.74. The Morgan fingerprint density at radius 1 is 1.16 bits per heavy atom. The highest BCUT2D eigenvalue weighted by Gasteiger charge is 2.07. The van der Waals surface area contributed by atoms with Crippen molar-refractivity contribution in [2.75, 3.05) is 6.54 Å². The predicted molar refractivity (Wildman–Crippen MR) is 71.1 cm³/mol. The maximum atomic E-state index is 13.1. The second kappa shape index (κ2) is 6.68. The van der Waals surface area contributed by atoms with Crippen molar-refractivity contribution < 1.29 is 8.78 Å². The van der Waals surface area contributed by atoms with Crippen LogP contribution < -0.4 is 5.32 Å². The molecule has 0 saturated carbocycles. The Kier molecular flexibility index (Phi) is 4.93. The highest BCUT2D eigenvalue weighted by molar-refractivity contribution is 7.11. The number of hydrogen-bond donors (Lipinski definition) is 1. The Morgan fingerprint density at radius 2 is 1.95 bits per heavy atom. The highest BCUT2D eigenvalue weighted by Crippen LogP contribution is 2.16. The molecule has 1 aromatic carbocycles. The number of hydrogen-bond acceptors (Lipinski definition) is 4. The van der Waals surface area contributed by atoms with Crippen LogP contribution in [0.25, 0.3) is 0 Å². The summed E-state index contributed by atoms with van der Waals surface area (Å²) in [7, 11) is 0. The molecule has 0 radical (unpaired) electrons. The van der Waals surface area contributed by atoms with Crippen molar-refractivity contribution in [2.24, 2.45) is 0 Å². The van der Waals surface area contributed by atoms with Gasteiger partial charge in [0.2, 0.25) is 0 Å². The maximum absolute atomic E-state index is 13.1. The molecule has 2 aromatic rings. The van der Waals surface area contributed by atoms with E-state index in [-0.39, 0.29) is 0 Å². The lowest BCUT2D eigenvalue weighted by Gasteiger charge is -1.98. The van der Waals surface area contributed by atoms with E-state index in [9.17, 15) is 8.78 Å². The zero-order valence-electron chi connectivity index (χ0n) is 10.6. The molecule has 6 heteroatoms. The Labute approximate surface area is 114 Å². The number of nitrogens with zero attached hydrogens (tertiary/aromatic N) is 2. The topological polar surface area (TPSA) is 37.8 Å². The highest BCUT2D eigenvalue weighted by atomic mass is 32.1. The standard InChI is InChI=1S/C13H15F2N3S/c1-2-5-16-8-13-18-17-12(19-13)7-9-3-4-10(14)11(15)6-9/h3-4,6,16H,2,5,7-8H2,1H3. The molecule has 0 aliphatic carbocycles. The van der Waals surface area contributed by atoms with Gasteiger partial charge in [0.25, 0.3) is 0 Å². The molecule has 2 rings (SSSR count). The van der Waals surface area contributed by atoms with Crippen LogP contribution in [0, 0.1) is 11.6 Å². The quantitative estimate of drug-likeness (QED) is 0.828. The molecule has 1 heterocycles. The van der Waals surface area contributed by atoms with Gasteiger partial charge in [-0.3, -0.25) is 0 Å². The van der Waals surface area contributed by atoms with Crippen LogP contribution in [0.3, 0.4) is 0 Å². The molecule has 19 heavy (non-hydrogen) atoms. The van der Waals surface area contributed by atoms with Gasteiger partial charge in [-0.15, -0.1) is 10.2 Å². The first-order valence-corrected chi connectivity index (χ1v) is 6.96. The van der Waals surface area contributed by atoms with Crippen molar-refractivity contribution in [1.29, 1.82) is 0 Å². The van der Waals surface area contributed by atoms with E-state index in [0.29, 0.717) is 18.5 Å². The smallest absolute Gasteiger partial charge is 0.159 e. The van der Waals surface area contributed by atoms with E-state index in [1.54, 1.807) is 6.07 Å². The van der Waals surface area contributed by atoms with Crippen molar-refractivity contribution in [1.82, 2.24) is 15.5 Å². The molecule has 0 fully saturated rings. The molecular formula is C13H15F2N3S.